The topological polar surface area (TPSA) is 49.8 Å². The maximum absolute atomic E-state index is 11.4. The molecule has 0 saturated carbocycles. The Balaban J connectivity index is 2.33. The van der Waals surface area contributed by atoms with E-state index < -0.39 is 0 Å². The molecule has 2 rings (SSSR count). The van der Waals surface area contributed by atoms with Crippen molar-refractivity contribution in [3.8, 4) is 0 Å². The van der Waals surface area contributed by atoms with Crippen LogP contribution in [0.1, 0.15) is 19.3 Å². The van der Waals surface area contributed by atoms with Gasteiger partial charge in [-0.2, -0.15) is 0 Å². The third-order valence-corrected chi connectivity index (χ3v) is 3.32. The van der Waals surface area contributed by atoms with Crippen LogP contribution in [0.5, 0.6) is 0 Å². The van der Waals surface area contributed by atoms with E-state index in [0.717, 1.165) is 12.8 Å². The number of carbonyl (C=O) groups excluding carboxylic acids is 1. The molecule has 0 aliphatic carbocycles. The Hall–Kier alpha value is -1.03. The number of hydrogen-bond acceptors (Lipinski definition) is 4. The molecule has 0 aromatic heterocycles. The highest BCUT2D eigenvalue weighted by Crippen LogP contribution is 2.37. The van der Waals surface area contributed by atoms with Gasteiger partial charge in [0.15, 0.2) is 0 Å². The largest absolute Gasteiger partial charge is 0.512 e. The summed E-state index contributed by atoms with van der Waals surface area (Å²) in [7, 11) is 3.35. The third-order valence-electron chi connectivity index (χ3n) is 3.32. The molecule has 0 aromatic carbocycles. The Kier molecular flexibility index (Phi) is 2.23. The van der Waals surface area contributed by atoms with E-state index in [1.165, 1.54) is 7.11 Å². The summed E-state index contributed by atoms with van der Waals surface area (Å²) in [6.45, 7) is 0. The average Bonchev–Trinajstić information content (AvgIpc) is 2.42. The summed E-state index contributed by atoms with van der Waals surface area (Å²) in [4.78, 5) is 13.6. The highest BCUT2D eigenvalue weighted by atomic mass is 16.5. The van der Waals surface area contributed by atoms with Crippen LogP contribution in [0.4, 0.5) is 0 Å². The standard InChI is InChI=1S/C10H15NO3/c1-11-6-3-4-7(11)9(8(12)5-6)10(13)14-2/h6-7,12H,3-5H2,1-2H3. The molecule has 4 nitrogen and oxygen atoms in total. The minimum atomic E-state index is -0.389. The van der Waals surface area contributed by atoms with Crippen LogP contribution in [0.15, 0.2) is 11.3 Å². The molecule has 1 saturated heterocycles. The Labute approximate surface area is 83.2 Å². The predicted molar refractivity (Wildman–Crippen MR) is 50.9 cm³/mol. The molecular formula is C10H15NO3. The van der Waals surface area contributed by atoms with Gasteiger partial charge < -0.3 is 9.84 Å². The summed E-state index contributed by atoms with van der Waals surface area (Å²) in [5.41, 5.74) is 0.462. The van der Waals surface area contributed by atoms with Crippen LogP contribution in [0.25, 0.3) is 0 Å². The SMILES string of the molecule is COC(=O)C1=C(O)CC2CCC1N2C. The lowest BCUT2D eigenvalue weighted by Gasteiger charge is -2.31. The van der Waals surface area contributed by atoms with Gasteiger partial charge in [0.25, 0.3) is 0 Å². The lowest BCUT2D eigenvalue weighted by molar-refractivity contribution is -0.137. The zero-order valence-electron chi connectivity index (χ0n) is 8.49. The van der Waals surface area contributed by atoms with E-state index in [-0.39, 0.29) is 17.8 Å². The van der Waals surface area contributed by atoms with E-state index in [1.54, 1.807) is 0 Å². The van der Waals surface area contributed by atoms with E-state index in [1.807, 2.05) is 7.05 Å². The molecule has 2 unspecified atom stereocenters. The average molecular weight is 197 g/mol. The molecule has 0 aromatic rings. The van der Waals surface area contributed by atoms with Crippen LogP contribution in [-0.2, 0) is 9.53 Å². The second-order valence-corrected chi connectivity index (χ2v) is 3.97. The molecule has 0 radical (unpaired) electrons. The van der Waals surface area contributed by atoms with Crippen molar-refractivity contribution in [1.29, 1.82) is 0 Å². The smallest absolute Gasteiger partial charge is 0.338 e. The van der Waals surface area contributed by atoms with Crippen LogP contribution in [0, 0.1) is 0 Å². The Morgan fingerprint density at radius 2 is 2.29 bits per heavy atom. The molecule has 2 bridgehead atoms. The third kappa shape index (κ3) is 1.21. The van der Waals surface area contributed by atoms with Crippen molar-refractivity contribution in [3.63, 3.8) is 0 Å². The maximum Gasteiger partial charge on any atom is 0.338 e. The van der Waals surface area contributed by atoms with Gasteiger partial charge in [-0.3, -0.25) is 4.90 Å². The van der Waals surface area contributed by atoms with Crippen molar-refractivity contribution in [2.24, 2.45) is 0 Å². The van der Waals surface area contributed by atoms with Crippen molar-refractivity contribution >= 4 is 5.97 Å². The molecule has 2 heterocycles. The number of rotatable bonds is 1. The van der Waals surface area contributed by atoms with Gasteiger partial charge in [-0.1, -0.05) is 0 Å². The Bertz CT molecular complexity index is 298. The number of nitrogens with zero attached hydrogens (tertiary/aromatic N) is 1. The van der Waals surface area contributed by atoms with Gasteiger partial charge in [0.1, 0.15) is 5.76 Å². The molecule has 78 valence electrons. The molecule has 14 heavy (non-hydrogen) atoms. The number of likely N-dealkylation sites (N-methyl/N-ethyl adjacent to an activating group) is 1. The summed E-state index contributed by atoms with van der Waals surface area (Å²) in [5.74, 6) is -0.165. The van der Waals surface area contributed by atoms with E-state index in [2.05, 4.69) is 9.64 Å². The Morgan fingerprint density at radius 1 is 1.57 bits per heavy atom. The highest BCUT2D eigenvalue weighted by molar-refractivity contribution is 5.90. The molecule has 4 heteroatoms. The highest BCUT2D eigenvalue weighted by Gasteiger charge is 2.42. The van der Waals surface area contributed by atoms with Gasteiger partial charge in [-0.25, -0.2) is 4.79 Å². The molecular weight excluding hydrogens is 182 g/mol. The lowest BCUT2D eigenvalue weighted by atomic mass is 10.0. The van der Waals surface area contributed by atoms with Crippen molar-refractivity contribution in [3.05, 3.63) is 11.3 Å². The second kappa shape index (κ2) is 3.28. The number of esters is 1. The fourth-order valence-corrected chi connectivity index (χ4v) is 2.50. The van der Waals surface area contributed by atoms with E-state index in [4.69, 9.17) is 0 Å². The minimum absolute atomic E-state index is 0.0567. The van der Waals surface area contributed by atoms with Gasteiger partial charge >= 0.3 is 5.97 Å². The van der Waals surface area contributed by atoms with Crippen LogP contribution >= 0.6 is 0 Å². The van der Waals surface area contributed by atoms with Crippen molar-refractivity contribution < 1.29 is 14.6 Å². The van der Waals surface area contributed by atoms with Gasteiger partial charge in [-0.15, -0.1) is 0 Å². The number of methoxy groups -OCH3 is 1. The fraction of sp³-hybridized carbons (Fsp3) is 0.700. The van der Waals surface area contributed by atoms with Crippen molar-refractivity contribution in [2.75, 3.05) is 14.2 Å². The van der Waals surface area contributed by atoms with Gasteiger partial charge in [0.05, 0.1) is 12.7 Å². The van der Waals surface area contributed by atoms with E-state index in [0.29, 0.717) is 18.0 Å². The molecule has 2 aliphatic rings. The zero-order chi connectivity index (χ0) is 10.3. The molecule has 1 fully saturated rings. The van der Waals surface area contributed by atoms with Crippen LogP contribution in [0.2, 0.25) is 0 Å². The zero-order valence-corrected chi connectivity index (χ0v) is 8.49. The quantitative estimate of drug-likeness (QED) is 0.633. The van der Waals surface area contributed by atoms with Crippen molar-refractivity contribution in [1.82, 2.24) is 4.90 Å². The van der Waals surface area contributed by atoms with Gasteiger partial charge in [-0.05, 0) is 19.9 Å². The number of aliphatic hydroxyl groups is 1. The first-order valence-corrected chi connectivity index (χ1v) is 4.87. The maximum atomic E-state index is 11.4. The number of hydrogen-bond donors (Lipinski definition) is 1. The lowest BCUT2D eigenvalue weighted by Crippen LogP contribution is -2.40. The summed E-state index contributed by atoms with van der Waals surface area (Å²) in [6.07, 6.45) is 2.57. The summed E-state index contributed by atoms with van der Waals surface area (Å²) < 4.78 is 4.68. The summed E-state index contributed by atoms with van der Waals surface area (Å²) in [6, 6.07) is 0.453. The summed E-state index contributed by atoms with van der Waals surface area (Å²) in [5, 5.41) is 9.72. The van der Waals surface area contributed by atoms with E-state index in [9.17, 15) is 9.90 Å². The predicted octanol–water partition coefficient (Wildman–Crippen LogP) is 0.838. The van der Waals surface area contributed by atoms with E-state index >= 15 is 0 Å². The van der Waals surface area contributed by atoms with Crippen molar-refractivity contribution in [2.45, 2.75) is 31.3 Å². The van der Waals surface area contributed by atoms with Crippen LogP contribution in [0.3, 0.4) is 0 Å². The number of fused-ring (bicyclic) bond motifs is 2. The molecule has 2 atom stereocenters. The number of ether oxygens (including phenoxy) is 1. The monoisotopic (exact) mass is 197 g/mol. The summed E-state index contributed by atoms with van der Waals surface area (Å²) >= 11 is 0. The first kappa shape index (κ1) is 9.52. The minimum Gasteiger partial charge on any atom is -0.512 e. The first-order chi connectivity index (χ1) is 6.65. The normalized spacial score (nSPS) is 32.1. The van der Waals surface area contributed by atoms with Crippen LogP contribution in [-0.4, -0.2) is 42.2 Å². The molecule has 0 spiro atoms. The molecule has 1 N–H and O–H groups in total. The van der Waals surface area contributed by atoms with Crippen LogP contribution < -0.4 is 0 Å². The molecule has 2 aliphatic heterocycles. The second-order valence-electron chi connectivity index (χ2n) is 3.97. The van der Waals surface area contributed by atoms with Gasteiger partial charge in [0.2, 0.25) is 0 Å². The first-order valence-electron chi connectivity index (χ1n) is 4.87. The number of carbonyl (C=O) groups is 1. The number of aliphatic hydroxyl groups excluding tert-OH is 1. The molecule has 0 amide bonds. The van der Waals surface area contributed by atoms with Gasteiger partial charge in [0, 0.05) is 18.5 Å². The fourth-order valence-electron chi connectivity index (χ4n) is 2.50. The Morgan fingerprint density at radius 3 is 2.93 bits per heavy atom.